The van der Waals surface area contributed by atoms with Gasteiger partial charge in [0.15, 0.2) is 0 Å². The number of anilines is 1. The number of nitrogens with zero attached hydrogens (tertiary/aromatic N) is 2. The molecule has 0 unspecified atom stereocenters. The Bertz CT molecular complexity index is 871. The highest BCUT2D eigenvalue weighted by molar-refractivity contribution is 7.10. The first-order chi connectivity index (χ1) is 12.8. The number of nitrogens with one attached hydrogen (secondary N) is 1. The molecule has 0 radical (unpaired) electrons. The Hall–Kier alpha value is -2.73. The summed E-state index contributed by atoms with van der Waals surface area (Å²) in [4.78, 5) is 16.1. The number of carbonyl (C=O) groups is 1. The number of urea groups is 1. The fourth-order valence-corrected chi connectivity index (χ4v) is 4.19. The van der Waals surface area contributed by atoms with E-state index < -0.39 is 0 Å². The number of hydrogen-bond donors (Lipinski definition) is 1. The summed E-state index contributed by atoms with van der Waals surface area (Å²) in [5, 5.41) is 5.08. The molecule has 134 valence electrons. The summed E-state index contributed by atoms with van der Waals surface area (Å²) in [6.45, 7) is 4.06. The molecular weight excluding hydrogens is 346 g/mol. The molecule has 1 aromatic carbocycles. The molecule has 4 rings (SSSR count). The van der Waals surface area contributed by atoms with Crippen molar-refractivity contribution in [1.82, 2.24) is 9.47 Å². The minimum Gasteiger partial charge on any atom is -0.494 e. The maximum atomic E-state index is 13.0. The lowest BCUT2D eigenvalue weighted by atomic mass is 10.1. The van der Waals surface area contributed by atoms with Crippen LogP contribution in [0.5, 0.6) is 5.75 Å². The highest BCUT2D eigenvalue weighted by atomic mass is 32.1. The van der Waals surface area contributed by atoms with Crippen molar-refractivity contribution in [2.24, 2.45) is 0 Å². The molecule has 1 N–H and O–H groups in total. The normalized spacial score (nSPS) is 16.2. The van der Waals surface area contributed by atoms with Gasteiger partial charge >= 0.3 is 6.03 Å². The van der Waals surface area contributed by atoms with Crippen LogP contribution in [-0.2, 0) is 6.54 Å². The van der Waals surface area contributed by atoms with Crippen LogP contribution >= 0.6 is 11.3 Å². The molecule has 3 heterocycles. The Kier molecular flexibility index (Phi) is 4.67. The second-order valence-electron chi connectivity index (χ2n) is 6.13. The van der Waals surface area contributed by atoms with Gasteiger partial charge in [-0.3, -0.25) is 0 Å². The number of hydrogen-bond acceptors (Lipinski definition) is 3. The molecule has 0 aliphatic carbocycles. The molecule has 1 aliphatic heterocycles. The molecule has 26 heavy (non-hydrogen) atoms. The van der Waals surface area contributed by atoms with Gasteiger partial charge in [0.1, 0.15) is 11.8 Å². The van der Waals surface area contributed by atoms with E-state index in [1.165, 1.54) is 4.88 Å². The minimum absolute atomic E-state index is 0.0542. The quantitative estimate of drug-likeness (QED) is 0.733. The third-order valence-electron chi connectivity index (χ3n) is 4.53. The Labute approximate surface area is 156 Å². The summed E-state index contributed by atoms with van der Waals surface area (Å²) in [6, 6.07) is 15.6. The Morgan fingerprint density at radius 2 is 2.04 bits per heavy atom. The number of aromatic nitrogens is 1. The molecule has 2 aromatic heterocycles. The highest BCUT2D eigenvalue weighted by Crippen LogP contribution is 2.35. The summed E-state index contributed by atoms with van der Waals surface area (Å²) in [6.07, 6.45) is 2.08. The SMILES string of the molecule is CCOc1ccc(NC(=O)N2CCn3cccc3[C@@H]2c2cccs2)cc1. The molecule has 1 aliphatic rings. The minimum atomic E-state index is -0.0833. The topological polar surface area (TPSA) is 46.5 Å². The lowest BCUT2D eigenvalue weighted by Gasteiger charge is -2.36. The van der Waals surface area contributed by atoms with E-state index in [4.69, 9.17) is 4.74 Å². The molecule has 0 saturated carbocycles. The van der Waals surface area contributed by atoms with Crippen molar-refractivity contribution >= 4 is 23.1 Å². The van der Waals surface area contributed by atoms with E-state index in [-0.39, 0.29) is 12.1 Å². The third-order valence-corrected chi connectivity index (χ3v) is 5.45. The maximum absolute atomic E-state index is 13.0. The van der Waals surface area contributed by atoms with Crippen LogP contribution < -0.4 is 10.1 Å². The van der Waals surface area contributed by atoms with Crippen LogP contribution in [0.15, 0.2) is 60.1 Å². The monoisotopic (exact) mass is 367 g/mol. The predicted octanol–water partition coefficient (Wildman–Crippen LogP) is 4.59. The Morgan fingerprint density at radius 3 is 2.77 bits per heavy atom. The average molecular weight is 367 g/mol. The summed E-state index contributed by atoms with van der Waals surface area (Å²) in [5.74, 6) is 0.803. The van der Waals surface area contributed by atoms with Gasteiger partial charge in [-0.15, -0.1) is 11.3 Å². The number of ether oxygens (including phenoxy) is 1. The molecular formula is C20H21N3O2S. The van der Waals surface area contributed by atoms with Gasteiger partial charge < -0.3 is 19.5 Å². The van der Waals surface area contributed by atoms with E-state index in [1.807, 2.05) is 48.2 Å². The largest absolute Gasteiger partial charge is 0.494 e. The molecule has 1 atom stereocenters. The van der Waals surface area contributed by atoms with Gasteiger partial charge in [0.2, 0.25) is 0 Å². The van der Waals surface area contributed by atoms with Gasteiger partial charge in [-0.1, -0.05) is 6.07 Å². The summed E-state index contributed by atoms with van der Waals surface area (Å²) in [7, 11) is 0. The first kappa shape index (κ1) is 16.7. The van der Waals surface area contributed by atoms with Crippen molar-refractivity contribution < 1.29 is 9.53 Å². The maximum Gasteiger partial charge on any atom is 0.322 e. The molecule has 0 fully saturated rings. The van der Waals surface area contributed by atoms with Crippen molar-refractivity contribution in [3.8, 4) is 5.75 Å². The first-order valence-corrected chi connectivity index (χ1v) is 9.63. The molecule has 0 spiro atoms. The number of amides is 2. The average Bonchev–Trinajstić information content (AvgIpc) is 3.34. The van der Waals surface area contributed by atoms with Gasteiger partial charge in [0.05, 0.1) is 6.61 Å². The molecule has 3 aromatic rings. The molecule has 5 nitrogen and oxygen atoms in total. The Balaban J connectivity index is 1.56. The zero-order valence-corrected chi connectivity index (χ0v) is 15.4. The van der Waals surface area contributed by atoms with Crippen LogP contribution in [0.4, 0.5) is 10.5 Å². The summed E-state index contributed by atoms with van der Waals surface area (Å²) in [5.41, 5.74) is 1.92. The number of benzene rings is 1. The van der Waals surface area contributed by atoms with Crippen molar-refractivity contribution in [1.29, 1.82) is 0 Å². The van der Waals surface area contributed by atoms with E-state index >= 15 is 0 Å². The second kappa shape index (κ2) is 7.25. The second-order valence-corrected chi connectivity index (χ2v) is 7.10. The molecule has 2 amide bonds. The van der Waals surface area contributed by atoms with Crippen LogP contribution in [-0.4, -0.2) is 28.6 Å². The summed E-state index contributed by atoms with van der Waals surface area (Å²) < 4.78 is 7.68. The van der Waals surface area contributed by atoms with Gasteiger partial charge in [0.25, 0.3) is 0 Å². The number of carbonyl (C=O) groups excluding carboxylic acids is 1. The van der Waals surface area contributed by atoms with Crippen LogP contribution in [0, 0.1) is 0 Å². The van der Waals surface area contributed by atoms with Crippen LogP contribution in [0.3, 0.4) is 0 Å². The zero-order chi connectivity index (χ0) is 17.9. The molecule has 0 saturated heterocycles. The van der Waals surface area contributed by atoms with E-state index in [0.29, 0.717) is 13.2 Å². The number of thiophene rings is 1. The fourth-order valence-electron chi connectivity index (χ4n) is 3.34. The number of rotatable bonds is 4. The van der Waals surface area contributed by atoms with Crippen molar-refractivity contribution in [3.63, 3.8) is 0 Å². The first-order valence-electron chi connectivity index (χ1n) is 8.75. The van der Waals surface area contributed by atoms with Gasteiger partial charge in [-0.2, -0.15) is 0 Å². The zero-order valence-electron chi connectivity index (χ0n) is 14.6. The lowest BCUT2D eigenvalue weighted by molar-refractivity contribution is 0.183. The summed E-state index contributed by atoms with van der Waals surface area (Å²) >= 11 is 1.68. The smallest absolute Gasteiger partial charge is 0.322 e. The van der Waals surface area contributed by atoms with E-state index in [1.54, 1.807) is 11.3 Å². The predicted molar refractivity (Wildman–Crippen MR) is 104 cm³/mol. The third kappa shape index (κ3) is 3.20. The highest BCUT2D eigenvalue weighted by Gasteiger charge is 2.32. The fraction of sp³-hybridized carbons (Fsp3) is 0.250. The van der Waals surface area contributed by atoms with Gasteiger partial charge in [-0.05, 0) is 54.8 Å². The van der Waals surface area contributed by atoms with Crippen molar-refractivity contribution in [2.45, 2.75) is 19.5 Å². The van der Waals surface area contributed by atoms with E-state index in [0.717, 1.165) is 23.7 Å². The van der Waals surface area contributed by atoms with Crippen LogP contribution in [0.1, 0.15) is 23.5 Å². The van der Waals surface area contributed by atoms with Gasteiger partial charge in [0, 0.05) is 35.5 Å². The van der Waals surface area contributed by atoms with Crippen LogP contribution in [0.25, 0.3) is 0 Å². The molecule has 0 bridgehead atoms. The standard InChI is InChI=1S/C20H21N3O2S/c1-2-25-16-9-7-15(8-10-16)21-20(24)23-13-12-22-11-3-5-17(22)19(23)18-6-4-14-26-18/h3-11,14,19H,2,12-13H2,1H3,(H,21,24)/t19-/m1/s1. The Morgan fingerprint density at radius 1 is 1.19 bits per heavy atom. The lowest BCUT2D eigenvalue weighted by Crippen LogP contribution is -2.44. The van der Waals surface area contributed by atoms with E-state index in [9.17, 15) is 4.79 Å². The van der Waals surface area contributed by atoms with Crippen molar-refractivity contribution in [2.75, 3.05) is 18.5 Å². The van der Waals surface area contributed by atoms with Crippen molar-refractivity contribution in [3.05, 3.63) is 70.7 Å². The van der Waals surface area contributed by atoms with E-state index in [2.05, 4.69) is 33.6 Å². The number of fused-ring (bicyclic) bond motifs is 1. The van der Waals surface area contributed by atoms with Crippen LogP contribution in [0.2, 0.25) is 0 Å². The molecule has 6 heteroatoms. The van der Waals surface area contributed by atoms with Gasteiger partial charge in [-0.25, -0.2) is 4.79 Å².